The number of allylic oxidation sites excluding steroid dienone is 38. The first kappa shape index (κ1) is 105. The summed E-state index contributed by atoms with van der Waals surface area (Å²) < 4.78 is 68.5. The van der Waals surface area contributed by atoms with Crippen LogP contribution in [-0.2, 0) is 65.4 Å². The smallest absolute Gasteiger partial charge is 0.462 e. The van der Waals surface area contributed by atoms with Crippen molar-refractivity contribution in [2.75, 3.05) is 39.6 Å². The molecule has 0 heterocycles. The molecule has 628 valence electrons. The predicted molar refractivity (Wildman–Crippen MR) is 463 cm³/mol. The normalized spacial score (nSPS) is 15.0. The van der Waals surface area contributed by atoms with E-state index in [1.807, 2.05) is 54.7 Å². The molecule has 0 amide bonds. The number of aliphatic hydroxyl groups is 1. The van der Waals surface area contributed by atoms with Gasteiger partial charge in [-0.15, -0.1) is 0 Å². The number of hydrogen-bond acceptors (Lipinski definition) is 15. The van der Waals surface area contributed by atoms with Crippen LogP contribution in [0.5, 0.6) is 0 Å². The molecule has 0 spiro atoms. The summed E-state index contributed by atoms with van der Waals surface area (Å²) in [5.74, 6) is -2.50. The van der Waals surface area contributed by atoms with Gasteiger partial charge in [0.2, 0.25) is 0 Å². The number of unbranched alkanes of at least 4 members (excludes halogenated alkanes) is 11. The first-order valence-electron chi connectivity index (χ1n) is 41.6. The Hall–Kier alpha value is -6.88. The molecule has 0 rings (SSSR count). The number of carbonyl (C=O) groups excluding carboxylic acids is 4. The SMILES string of the molecule is CC/C=C\C/C=C\C/C=C\C/C=C\C/C=C\C/C=C\CCC(=O)OC[C@H](COP(=O)(O)OC[C@@H](O)COP(=O)(O)OC[C@@H](COC(=O)CC/C=C\C/C=C\C/C=C\C/C=C\C/C=C\C/C=C\CC)OC(=O)CCCCCCCCC/C=C\CCCCCC)OC(=O)CC/C=C\C/C=C\C/C=C\C/C=C\C/C=C\C/C=C\CC. The molecule has 2 unspecified atom stereocenters. The quantitative estimate of drug-likeness (QED) is 0.0169. The molecule has 0 aromatic heterocycles. The molecule has 0 aliphatic carbocycles. The predicted octanol–water partition coefficient (Wildman–Crippen LogP) is 25.0. The highest BCUT2D eigenvalue weighted by Crippen LogP contribution is 2.45. The Balaban J connectivity index is 5.61. The summed E-state index contributed by atoms with van der Waals surface area (Å²) in [5.41, 5.74) is 0. The minimum atomic E-state index is -5.04. The number of phosphoric acid groups is 2. The van der Waals surface area contributed by atoms with Gasteiger partial charge in [0.15, 0.2) is 12.2 Å². The molecule has 0 aliphatic heterocycles. The lowest BCUT2D eigenvalue weighted by Crippen LogP contribution is -2.30. The van der Waals surface area contributed by atoms with E-state index in [-0.39, 0.29) is 25.7 Å². The van der Waals surface area contributed by atoms with Crippen molar-refractivity contribution in [3.05, 3.63) is 231 Å². The first-order valence-corrected chi connectivity index (χ1v) is 44.6. The molecule has 3 N–H and O–H groups in total. The number of rotatable bonds is 75. The molecule has 5 atom stereocenters. The molecule has 0 aliphatic rings. The van der Waals surface area contributed by atoms with E-state index >= 15 is 0 Å². The van der Waals surface area contributed by atoms with Gasteiger partial charge in [-0.2, -0.15) is 0 Å². The van der Waals surface area contributed by atoms with E-state index in [0.29, 0.717) is 44.9 Å². The Labute approximate surface area is 676 Å². The maximum absolute atomic E-state index is 13.1. The summed E-state index contributed by atoms with van der Waals surface area (Å²) in [6.07, 6.45) is 106. The van der Waals surface area contributed by atoms with E-state index in [0.717, 1.165) is 148 Å². The molecule has 112 heavy (non-hydrogen) atoms. The van der Waals surface area contributed by atoms with Crippen molar-refractivity contribution in [1.29, 1.82) is 0 Å². The molecule has 0 radical (unpaired) electrons. The molecule has 0 fully saturated rings. The third-order valence-corrected chi connectivity index (χ3v) is 18.0. The highest BCUT2D eigenvalue weighted by atomic mass is 31.2. The number of hydrogen-bond donors (Lipinski definition) is 3. The molecule has 19 heteroatoms. The fourth-order valence-corrected chi connectivity index (χ4v) is 11.5. The second-order valence-electron chi connectivity index (χ2n) is 26.6. The Morgan fingerprint density at radius 2 is 0.482 bits per heavy atom. The standard InChI is InChI=1S/C93H144O17P2/c1-5-9-13-17-21-25-29-33-37-40-43-46-50-53-57-61-65-69-73-77-90(95)103-83-88(109-92(97)79-75-71-67-63-59-55-49-36-32-28-24-20-16-12-8-4)85-107-111(99,100)105-81-87(94)82-106-112(101,102)108-86-89(110-93(98)80-76-72-68-64-60-56-52-48-45-42-39-35-31-27-23-19-15-11-7-3)84-104-91(96)78-74-70-66-62-58-54-51-47-44-41-38-34-30-26-22-18-14-10-6-2/h9-11,13-15,21-23,25-28,32-35,37-39,43-48,53-54,56-58,60,65-66,68-70,72,87-89,94H,5-8,12,16-20,24,29-31,36,40-42,49-52,55,59,61-64,67,71,73-86H2,1-4H3,(H,99,100)(H,101,102)/b13-9-,14-10-,15-11-,25-21-,26-22-,27-23-,32-28-,37-33-,38-34-,39-35-,46-43-,47-44-,48-45-,57-53-,58-54-,60-56-,69-65-,70-66-,72-68-/t87-,88+,89+/m0/s1. The largest absolute Gasteiger partial charge is 0.472 e. The molecule has 0 saturated heterocycles. The van der Waals surface area contributed by atoms with Crippen molar-refractivity contribution in [3.63, 3.8) is 0 Å². The number of ether oxygens (including phenoxy) is 4. The lowest BCUT2D eigenvalue weighted by molar-refractivity contribution is -0.161. The average molecular weight is 1600 g/mol. The van der Waals surface area contributed by atoms with E-state index in [9.17, 15) is 43.2 Å². The minimum absolute atomic E-state index is 0.00843. The first-order chi connectivity index (χ1) is 54.7. The summed E-state index contributed by atoms with van der Waals surface area (Å²) in [4.78, 5) is 73.1. The number of phosphoric ester groups is 2. The summed E-state index contributed by atoms with van der Waals surface area (Å²) in [5, 5.41) is 10.7. The highest BCUT2D eigenvalue weighted by Gasteiger charge is 2.30. The van der Waals surface area contributed by atoms with Gasteiger partial charge in [0.05, 0.1) is 26.4 Å². The molecular formula is C93H144O17P2. The lowest BCUT2D eigenvalue weighted by Gasteiger charge is -2.21. The third kappa shape index (κ3) is 81.1. The van der Waals surface area contributed by atoms with Gasteiger partial charge < -0.3 is 33.8 Å². The van der Waals surface area contributed by atoms with Crippen molar-refractivity contribution in [2.45, 2.75) is 290 Å². The molecular weight excluding hydrogens is 1450 g/mol. The Morgan fingerprint density at radius 3 is 0.768 bits per heavy atom. The van der Waals surface area contributed by atoms with Gasteiger partial charge in [-0.25, -0.2) is 9.13 Å². The lowest BCUT2D eigenvalue weighted by atomic mass is 10.1. The van der Waals surface area contributed by atoms with E-state index in [1.54, 1.807) is 0 Å². The van der Waals surface area contributed by atoms with Crippen LogP contribution in [0.15, 0.2) is 231 Å². The van der Waals surface area contributed by atoms with E-state index in [4.69, 9.17) is 37.0 Å². The Bertz CT molecular complexity index is 3040. The monoisotopic (exact) mass is 1590 g/mol. The van der Waals surface area contributed by atoms with Crippen LogP contribution >= 0.6 is 15.6 Å². The van der Waals surface area contributed by atoms with Crippen LogP contribution in [0.25, 0.3) is 0 Å². The van der Waals surface area contributed by atoms with Crippen LogP contribution in [0, 0.1) is 0 Å². The number of aliphatic hydroxyl groups excluding tert-OH is 1. The maximum Gasteiger partial charge on any atom is 0.472 e. The number of esters is 4. The second-order valence-corrected chi connectivity index (χ2v) is 29.5. The van der Waals surface area contributed by atoms with Crippen molar-refractivity contribution in [1.82, 2.24) is 0 Å². The van der Waals surface area contributed by atoms with Crippen molar-refractivity contribution in [2.24, 2.45) is 0 Å². The molecule has 17 nitrogen and oxygen atoms in total. The summed E-state index contributed by atoms with van der Waals surface area (Å²) in [6, 6.07) is 0. The average Bonchev–Trinajstić information content (AvgIpc) is 0.898. The summed E-state index contributed by atoms with van der Waals surface area (Å²) >= 11 is 0. The summed E-state index contributed by atoms with van der Waals surface area (Å²) in [7, 11) is -10.1. The Kier molecular flexibility index (Phi) is 77.1. The van der Waals surface area contributed by atoms with Gasteiger partial charge in [0.1, 0.15) is 19.3 Å². The highest BCUT2D eigenvalue weighted by molar-refractivity contribution is 7.47. The maximum atomic E-state index is 13.1. The zero-order valence-electron chi connectivity index (χ0n) is 68.7. The van der Waals surface area contributed by atoms with Crippen LogP contribution in [-0.4, -0.2) is 96.7 Å². The minimum Gasteiger partial charge on any atom is -0.462 e. The van der Waals surface area contributed by atoms with E-state index in [2.05, 4.69) is 204 Å². The topological polar surface area (TPSA) is 237 Å². The van der Waals surface area contributed by atoms with Crippen LogP contribution < -0.4 is 0 Å². The van der Waals surface area contributed by atoms with Crippen molar-refractivity contribution in [3.8, 4) is 0 Å². The van der Waals surface area contributed by atoms with Crippen molar-refractivity contribution < 1.29 is 80.2 Å². The van der Waals surface area contributed by atoms with Crippen LogP contribution in [0.1, 0.15) is 272 Å². The zero-order chi connectivity index (χ0) is 81.7. The van der Waals surface area contributed by atoms with Gasteiger partial charge in [-0.05, 0) is 167 Å². The molecule has 0 aromatic carbocycles. The van der Waals surface area contributed by atoms with Gasteiger partial charge in [-0.3, -0.25) is 37.3 Å². The third-order valence-electron chi connectivity index (χ3n) is 16.1. The number of carbonyl (C=O) groups is 4. The molecule has 0 bridgehead atoms. The van der Waals surface area contributed by atoms with E-state index in [1.165, 1.54) is 25.7 Å². The molecule has 0 saturated carbocycles. The van der Waals surface area contributed by atoms with Crippen LogP contribution in [0.4, 0.5) is 0 Å². The van der Waals surface area contributed by atoms with Crippen LogP contribution in [0.2, 0.25) is 0 Å². The fourth-order valence-electron chi connectivity index (χ4n) is 9.94. The van der Waals surface area contributed by atoms with Gasteiger partial charge in [0.25, 0.3) is 0 Å². The zero-order valence-corrected chi connectivity index (χ0v) is 70.5. The van der Waals surface area contributed by atoms with Gasteiger partial charge in [0, 0.05) is 25.7 Å². The molecule has 0 aromatic rings. The second kappa shape index (κ2) is 82.1. The van der Waals surface area contributed by atoms with Crippen molar-refractivity contribution >= 4 is 39.5 Å². The van der Waals surface area contributed by atoms with Crippen LogP contribution in [0.3, 0.4) is 0 Å². The fraction of sp³-hybridized carbons (Fsp3) is 0.548. The Morgan fingerprint density at radius 1 is 0.259 bits per heavy atom. The van der Waals surface area contributed by atoms with Gasteiger partial charge in [-0.1, -0.05) is 310 Å². The van der Waals surface area contributed by atoms with E-state index < -0.39 is 97.5 Å². The summed E-state index contributed by atoms with van der Waals surface area (Å²) in [6.45, 7) is 4.22. The van der Waals surface area contributed by atoms with Gasteiger partial charge >= 0.3 is 39.5 Å².